The van der Waals surface area contributed by atoms with Crippen molar-refractivity contribution in [3.63, 3.8) is 0 Å². The summed E-state index contributed by atoms with van der Waals surface area (Å²) < 4.78 is 26.1. The normalized spacial score (nSPS) is 15.0. The molecule has 0 saturated carbocycles. The maximum atomic E-state index is 13.2. The number of halogens is 2. The Balaban J connectivity index is 3.01. The number of nitrogens with zero attached hydrogens (tertiary/aromatic N) is 1. The van der Waals surface area contributed by atoms with E-state index < -0.39 is 11.6 Å². The van der Waals surface area contributed by atoms with Crippen LogP contribution in [-0.2, 0) is 0 Å². The van der Waals surface area contributed by atoms with Gasteiger partial charge in [0.25, 0.3) is 0 Å². The summed E-state index contributed by atoms with van der Waals surface area (Å²) in [4.78, 5) is 2.01. The highest BCUT2D eigenvalue weighted by molar-refractivity contribution is 5.22. The third-order valence-corrected chi connectivity index (χ3v) is 3.00. The highest BCUT2D eigenvalue weighted by atomic mass is 19.2. The van der Waals surface area contributed by atoms with E-state index >= 15 is 0 Å². The van der Waals surface area contributed by atoms with Crippen LogP contribution < -0.4 is 5.73 Å². The van der Waals surface area contributed by atoms with Crippen LogP contribution in [0.5, 0.6) is 0 Å². The zero-order valence-electron chi connectivity index (χ0n) is 10.6. The van der Waals surface area contributed by atoms with Gasteiger partial charge >= 0.3 is 0 Å². The molecular weight excluding hydrogens is 222 g/mol. The monoisotopic (exact) mass is 242 g/mol. The summed E-state index contributed by atoms with van der Waals surface area (Å²) in [6.07, 6.45) is 0.849. The van der Waals surface area contributed by atoms with Gasteiger partial charge in [-0.2, -0.15) is 0 Å². The van der Waals surface area contributed by atoms with Crippen molar-refractivity contribution in [2.75, 3.05) is 20.6 Å². The fourth-order valence-electron chi connectivity index (χ4n) is 2.25. The summed E-state index contributed by atoms with van der Waals surface area (Å²) in [7, 11) is 3.86. The van der Waals surface area contributed by atoms with Crippen LogP contribution in [0.25, 0.3) is 0 Å². The quantitative estimate of drug-likeness (QED) is 0.859. The van der Waals surface area contributed by atoms with Gasteiger partial charge in [0.05, 0.1) is 0 Å². The molecule has 0 aliphatic rings. The average Bonchev–Trinajstić information content (AvgIpc) is 2.23. The average molecular weight is 242 g/mol. The smallest absolute Gasteiger partial charge is 0.159 e. The fourth-order valence-corrected chi connectivity index (χ4v) is 2.25. The van der Waals surface area contributed by atoms with Gasteiger partial charge in [-0.15, -0.1) is 0 Å². The molecule has 4 heteroatoms. The van der Waals surface area contributed by atoms with Crippen LogP contribution in [0.4, 0.5) is 8.78 Å². The Morgan fingerprint density at radius 1 is 1.24 bits per heavy atom. The zero-order valence-corrected chi connectivity index (χ0v) is 10.6. The van der Waals surface area contributed by atoms with Gasteiger partial charge in [-0.25, -0.2) is 8.78 Å². The number of benzene rings is 1. The summed E-state index contributed by atoms with van der Waals surface area (Å²) in [5, 5.41) is 0. The molecule has 2 N–H and O–H groups in total. The van der Waals surface area contributed by atoms with Crippen molar-refractivity contribution in [1.82, 2.24) is 4.90 Å². The number of hydrogen-bond acceptors (Lipinski definition) is 2. The molecule has 17 heavy (non-hydrogen) atoms. The minimum Gasteiger partial charge on any atom is -0.330 e. The summed E-state index contributed by atoms with van der Waals surface area (Å²) in [5.74, 6) is -1.31. The SMILES string of the molecule is CC(CCN)C(c1ccc(F)c(F)c1)N(C)C. The summed E-state index contributed by atoms with van der Waals surface area (Å²) >= 11 is 0. The lowest BCUT2D eigenvalue weighted by atomic mass is 9.91. The molecule has 1 aromatic carbocycles. The summed E-state index contributed by atoms with van der Waals surface area (Å²) in [6.45, 7) is 2.66. The molecule has 0 fully saturated rings. The molecule has 0 aromatic heterocycles. The van der Waals surface area contributed by atoms with Crippen molar-refractivity contribution < 1.29 is 8.78 Å². The van der Waals surface area contributed by atoms with E-state index in [1.54, 1.807) is 6.07 Å². The Bertz CT molecular complexity index is 366. The van der Waals surface area contributed by atoms with Gasteiger partial charge in [0.1, 0.15) is 0 Å². The first kappa shape index (κ1) is 14.1. The molecule has 0 amide bonds. The molecule has 2 nitrogen and oxygen atoms in total. The van der Waals surface area contributed by atoms with E-state index in [4.69, 9.17) is 5.73 Å². The maximum Gasteiger partial charge on any atom is 0.159 e. The van der Waals surface area contributed by atoms with Crippen LogP contribution >= 0.6 is 0 Å². The molecule has 0 aliphatic heterocycles. The van der Waals surface area contributed by atoms with E-state index in [0.29, 0.717) is 12.5 Å². The van der Waals surface area contributed by atoms with Crippen molar-refractivity contribution in [3.05, 3.63) is 35.4 Å². The standard InChI is InChI=1S/C13H20F2N2/c1-9(6-7-16)13(17(2)3)10-4-5-11(14)12(15)8-10/h4-5,8-9,13H,6-7,16H2,1-3H3. The van der Waals surface area contributed by atoms with E-state index in [1.807, 2.05) is 19.0 Å². The largest absolute Gasteiger partial charge is 0.330 e. The van der Waals surface area contributed by atoms with E-state index in [9.17, 15) is 8.78 Å². The second kappa shape index (κ2) is 6.07. The fraction of sp³-hybridized carbons (Fsp3) is 0.538. The van der Waals surface area contributed by atoms with Gasteiger partial charge in [0.15, 0.2) is 11.6 Å². The van der Waals surface area contributed by atoms with Crippen molar-refractivity contribution in [2.24, 2.45) is 11.7 Å². The Hall–Kier alpha value is -1.00. The van der Waals surface area contributed by atoms with E-state index in [1.165, 1.54) is 12.1 Å². The lowest BCUT2D eigenvalue weighted by Gasteiger charge is -2.30. The molecule has 0 spiro atoms. The summed E-state index contributed by atoms with van der Waals surface area (Å²) in [6, 6.07) is 4.13. The molecule has 0 saturated heterocycles. The lowest BCUT2D eigenvalue weighted by molar-refractivity contribution is 0.216. The molecular formula is C13H20F2N2. The lowest BCUT2D eigenvalue weighted by Crippen LogP contribution is -2.27. The van der Waals surface area contributed by atoms with Gasteiger partial charge in [0, 0.05) is 6.04 Å². The molecule has 0 heterocycles. The molecule has 2 unspecified atom stereocenters. The number of hydrogen-bond donors (Lipinski definition) is 1. The van der Waals surface area contributed by atoms with Crippen LogP contribution in [0, 0.1) is 17.6 Å². The van der Waals surface area contributed by atoms with Crippen molar-refractivity contribution in [3.8, 4) is 0 Å². The second-order valence-corrected chi connectivity index (χ2v) is 4.64. The first-order valence-corrected chi connectivity index (χ1v) is 5.78. The summed E-state index contributed by atoms with van der Waals surface area (Å²) in [5.41, 5.74) is 6.33. The highest BCUT2D eigenvalue weighted by Gasteiger charge is 2.21. The third-order valence-electron chi connectivity index (χ3n) is 3.00. The Morgan fingerprint density at radius 2 is 1.88 bits per heavy atom. The van der Waals surface area contributed by atoms with Crippen LogP contribution in [0.2, 0.25) is 0 Å². The van der Waals surface area contributed by atoms with Crippen LogP contribution in [0.15, 0.2) is 18.2 Å². The molecule has 96 valence electrons. The molecule has 2 atom stereocenters. The van der Waals surface area contributed by atoms with Gasteiger partial charge in [-0.05, 0) is 50.7 Å². The predicted octanol–water partition coefficient (Wildman–Crippen LogP) is 2.55. The first-order chi connectivity index (χ1) is 7.97. The van der Waals surface area contributed by atoms with Crippen LogP contribution in [0.1, 0.15) is 24.9 Å². The molecule has 0 aliphatic carbocycles. The molecule has 0 bridgehead atoms. The van der Waals surface area contributed by atoms with E-state index in [2.05, 4.69) is 6.92 Å². The van der Waals surface area contributed by atoms with Gasteiger partial charge in [0.2, 0.25) is 0 Å². The Morgan fingerprint density at radius 3 is 2.35 bits per heavy atom. The minimum absolute atomic E-state index is 0.0497. The van der Waals surface area contributed by atoms with Crippen molar-refractivity contribution >= 4 is 0 Å². The van der Waals surface area contributed by atoms with Crippen LogP contribution in [0.3, 0.4) is 0 Å². The topological polar surface area (TPSA) is 29.3 Å². The number of rotatable bonds is 5. The number of nitrogens with two attached hydrogens (primary N) is 1. The Labute approximate surface area is 101 Å². The van der Waals surface area contributed by atoms with Gasteiger partial charge in [-0.1, -0.05) is 13.0 Å². The molecule has 1 aromatic rings. The molecule has 0 radical (unpaired) electrons. The minimum atomic E-state index is -0.808. The first-order valence-electron chi connectivity index (χ1n) is 5.78. The van der Waals surface area contributed by atoms with Crippen molar-refractivity contribution in [2.45, 2.75) is 19.4 Å². The highest BCUT2D eigenvalue weighted by Crippen LogP contribution is 2.29. The molecule has 1 rings (SSSR count). The maximum absolute atomic E-state index is 13.2. The second-order valence-electron chi connectivity index (χ2n) is 4.64. The Kier molecular flexibility index (Phi) is 5.02. The zero-order chi connectivity index (χ0) is 13.0. The van der Waals surface area contributed by atoms with Crippen LogP contribution in [-0.4, -0.2) is 25.5 Å². The van der Waals surface area contributed by atoms with Gasteiger partial charge < -0.3 is 10.6 Å². The van der Waals surface area contributed by atoms with E-state index in [0.717, 1.165) is 12.0 Å². The van der Waals surface area contributed by atoms with Crippen molar-refractivity contribution in [1.29, 1.82) is 0 Å². The third kappa shape index (κ3) is 3.48. The van der Waals surface area contributed by atoms with E-state index in [-0.39, 0.29) is 6.04 Å². The predicted molar refractivity (Wildman–Crippen MR) is 65.6 cm³/mol. The van der Waals surface area contributed by atoms with Gasteiger partial charge in [-0.3, -0.25) is 0 Å².